The molecule has 6 radical (unpaired) electrons. The van der Waals surface area contributed by atoms with E-state index in [1.54, 1.807) is 18.3 Å². The fourth-order valence-electron chi connectivity index (χ4n) is 4.29. The Morgan fingerprint density at radius 3 is 2.54 bits per heavy atom. The monoisotopic (exact) mass is 510 g/mol. The van der Waals surface area contributed by atoms with Gasteiger partial charge in [0.15, 0.2) is 5.65 Å². The standard InChI is InChI=1S/C14H10ClFN4.C11H13B3N2O/c1-7-8(2)20-14-13(19-7)12(17-6-18-14)10-4-3-9(15)5-11(10)16;12-10(4-1-5-11(13,14)17-10)8-6-15-16(7-8)9-2-3-9/h3-6H,1-2H3;6-7,9H,1-5H2. The van der Waals surface area contributed by atoms with Crippen LogP contribution >= 0.6 is 11.6 Å². The molecule has 37 heavy (non-hydrogen) atoms. The normalized spacial score (nSPS) is 20.9. The number of benzene rings is 1. The first-order valence-electron chi connectivity index (χ1n) is 12.1. The molecule has 1 aliphatic carbocycles. The first-order chi connectivity index (χ1) is 17.5. The number of rotatable bonds is 3. The van der Waals surface area contributed by atoms with Crippen LogP contribution in [0.5, 0.6) is 0 Å². The molecule has 2 fully saturated rings. The van der Waals surface area contributed by atoms with Crippen LogP contribution in [-0.4, -0.2) is 58.7 Å². The molecule has 182 valence electrons. The molecule has 0 spiro atoms. The van der Waals surface area contributed by atoms with Crippen molar-refractivity contribution >= 4 is 46.3 Å². The van der Waals surface area contributed by atoms with Crippen LogP contribution in [-0.2, 0) is 10.2 Å². The number of aryl methyl sites for hydroxylation is 2. The van der Waals surface area contributed by atoms with Crippen molar-refractivity contribution in [2.45, 2.75) is 62.9 Å². The second kappa shape index (κ2) is 9.84. The van der Waals surface area contributed by atoms with Crippen molar-refractivity contribution in [3.05, 3.63) is 64.7 Å². The van der Waals surface area contributed by atoms with E-state index in [1.165, 1.54) is 25.2 Å². The van der Waals surface area contributed by atoms with Crippen molar-refractivity contribution < 1.29 is 9.13 Å². The molecule has 12 heteroatoms. The Kier molecular flexibility index (Phi) is 6.87. The van der Waals surface area contributed by atoms with Crippen LogP contribution in [0.1, 0.15) is 55.1 Å². The Morgan fingerprint density at radius 1 is 1.08 bits per heavy atom. The number of nitrogens with zero attached hydrogens (tertiary/aromatic N) is 6. The van der Waals surface area contributed by atoms with E-state index in [4.69, 9.17) is 39.9 Å². The lowest BCUT2D eigenvalue weighted by Crippen LogP contribution is -2.48. The lowest BCUT2D eigenvalue weighted by molar-refractivity contribution is -0.0663. The molecule has 1 saturated carbocycles. The summed E-state index contributed by atoms with van der Waals surface area (Å²) in [4.78, 5) is 17.0. The molecule has 7 nitrogen and oxygen atoms in total. The molecule has 2 aliphatic rings. The van der Waals surface area contributed by atoms with Gasteiger partial charge in [0.05, 0.1) is 44.8 Å². The predicted octanol–water partition coefficient (Wildman–Crippen LogP) is 4.23. The van der Waals surface area contributed by atoms with Crippen molar-refractivity contribution in [2.75, 3.05) is 0 Å². The second-order valence-electron chi connectivity index (χ2n) is 9.65. The molecule has 1 unspecified atom stereocenters. The Morgan fingerprint density at radius 2 is 1.84 bits per heavy atom. The van der Waals surface area contributed by atoms with Gasteiger partial charge in [-0.3, -0.25) is 4.68 Å². The van der Waals surface area contributed by atoms with Crippen LogP contribution in [0.4, 0.5) is 4.39 Å². The van der Waals surface area contributed by atoms with Crippen LogP contribution in [0.25, 0.3) is 22.4 Å². The maximum atomic E-state index is 14.1. The van der Waals surface area contributed by atoms with Gasteiger partial charge >= 0.3 is 0 Å². The molecule has 1 atom stereocenters. The van der Waals surface area contributed by atoms with Gasteiger partial charge < -0.3 is 4.74 Å². The zero-order chi connectivity index (χ0) is 26.4. The summed E-state index contributed by atoms with van der Waals surface area (Å²) in [6, 6.07) is 4.98. The van der Waals surface area contributed by atoms with E-state index in [9.17, 15) is 4.39 Å². The van der Waals surface area contributed by atoms with E-state index < -0.39 is 16.7 Å². The zero-order valence-electron chi connectivity index (χ0n) is 20.7. The summed E-state index contributed by atoms with van der Waals surface area (Å²) in [5.41, 5.74) is 3.21. The zero-order valence-corrected chi connectivity index (χ0v) is 21.4. The van der Waals surface area contributed by atoms with Gasteiger partial charge in [0.25, 0.3) is 0 Å². The lowest BCUT2D eigenvalue weighted by Gasteiger charge is -2.44. The van der Waals surface area contributed by atoms with Gasteiger partial charge in [0.1, 0.15) is 31.2 Å². The molecule has 4 aromatic rings. The van der Waals surface area contributed by atoms with Crippen LogP contribution < -0.4 is 0 Å². The van der Waals surface area contributed by atoms with Crippen LogP contribution in [0, 0.1) is 19.7 Å². The Hall–Kier alpha value is -2.78. The molecule has 1 saturated heterocycles. The Labute approximate surface area is 223 Å². The number of fused-ring (bicyclic) bond motifs is 1. The first-order valence-corrected chi connectivity index (χ1v) is 12.5. The molecule has 1 aromatic carbocycles. The Balaban J connectivity index is 0.000000153. The number of hydrogen-bond donors (Lipinski definition) is 0. The molecule has 1 aliphatic heterocycles. The van der Waals surface area contributed by atoms with Gasteiger partial charge in [-0.2, -0.15) is 5.10 Å². The minimum absolute atomic E-state index is 0.333. The lowest BCUT2D eigenvalue weighted by atomic mass is 9.57. The molecular formula is C25H23B3ClFN6O. The smallest absolute Gasteiger partial charge is 0.182 e. The molecule has 4 heterocycles. The topological polar surface area (TPSA) is 78.6 Å². The summed E-state index contributed by atoms with van der Waals surface area (Å²) < 4.78 is 21.6. The highest BCUT2D eigenvalue weighted by atomic mass is 35.5. The highest BCUT2D eigenvalue weighted by Gasteiger charge is 2.38. The third kappa shape index (κ3) is 5.58. The molecule has 0 N–H and O–H groups in total. The van der Waals surface area contributed by atoms with Crippen molar-refractivity contribution in [3.63, 3.8) is 0 Å². The summed E-state index contributed by atoms with van der Waals surface area (Å²) in [6.45, 7) is 3.70. The van der Waals surface area contributed by atoms with E-state index in [1.807, 2.05) is 24.7 Å². The highest BCUT2D eigenvalue weighted by molar-refractivity contribution is 6.39. The summed E-state index contributed by atoms with van der Waals surface area (Å²) in [5.74, 6) is -0.447. The average Bonchev–Trinajstić information content (AvgIpc) is 3.55. The molecule has 3 aromatic heterocycles. The first kappa shape index (κ1) is 25.9. The fraction of sp³-hybridized carbons (Fsp3) is 0.400. The number of hydrogen-bond acceptors (Lipinski definition) is 6. The van der Waals surface area contributed by atoms with Crippen molar-refractivity contribution in [1.82, 2.24) is 29.7 Å². The van der Waals surface area contributed by atoms with Crippen LogP contribution in [0.15, 0.2) is 36.9 Å². The van der Waals surface area contributed by atoms with Gasteiger partial charge in [0, 0.05) is 22.3 Å². The van der Waals surface area contributed by atoms with Gasteiger partial charge in [0.2, 0.25) is 0 Å². The van der Waals surface area contributed by atoms with Crippen molar-refractivity contribution in [1.29, 1.82) is 0 Å². The number of ether oxygens (including phenoxy) is 1. The maximum absolute atomic E-state index is 14.1. The van der Waals surface area contributed by atoms with Crippen molar-refractivity contribution in [3.8, 4) is 11.3 Å². The minimum atomic E-state index is -1.13. The summed E-state index contributed by atoms with van der Waals surface area (Å²) in [6.07, 6.45) is 9.67. The highest BCUT2D eigenvalue weighted by Crippen LogP contribution is 2.40. The molecule has 0 amide bonds. The summed E-state index contributed by atoms with van der Waals surface area (Å²) in [7, 11) is 17.9. The third-order valence-electron chi connectivity index (χ3n) is 6.56. The third-order valence-corrected chi connectivity index (χ3v) is 6.80. The predicted molar refractivity (Wildman–Crippen MR) is 142 cm³/mol. The van der Waals surface area contributed by atoms with E-state index in [0.717, 1.165) is 29.8 Å². The largest absolute Gasteiger partial charge is 0.393 e. The van der Waals surface area contributed by atoms with Gasteiger partial charge in [-0.15, -0.1) is 0 Å². The Bertz CT molecular complexity index is 1460. The van der Waals surface area contributed by atoms with Gasteiger partial charge in [-0.1, -0.05) is 11.6 Å². The van der Waals surface area contributed by atoms with E-state index >= 15 is 0 Å². The quantitative estimate of drug-likeness (QED) is 0.384. The fourth-order valence-corrected chi connectivity index (χ4v) is 4.45. The number of halogens is 2. The van der Waals surface area contributed by atoms with Crippen LogP contribution in [0.2, 0.25) is 5.02 Å². The summed E-state index contributed by atoms with van der Waals surface area (Å²) in [5, 5.41) is 3.53. The van der Waals surface area contributed by atoms with Gasteiger partial charge in [-0.25, -0.2) is 24.3 Å². The van der Waals surface area contributed by atoms with Gasteiger partial charge in [-0.05, 0) is 69.6 Å². The van der Waals surface area contributed by atoms with E-state index in [0.29, 0.717) is 39.9 Å². The van der Waals surface area contributed by atoms with E-state index in [-0.39, 0.29) is 0 Å². The van der Waals surface area contributed by atoms with Crippen LogP contribution in [0.3, 0.4) is 0 Å². The van der Waals surface area contributed by atoms with E-state index in [2.05, 4.69) is 25.0 Å². The van der Waals surface area contributed by atoms with Crippen molar-refractivity contribution in [2.24, 2.45) is 0 Å². The minimum Gasteiger partial charge on any atom is -0.393 e. The second-order valence-corrected chi connectivity index (χ2v) is 10.1. The number of aromatic nitrogens is 6. The SMILES string of the molecule is Cc1nc2ncnc(-c3ccc(Cl)cc3F)c2nc1C.[B]C1([B])CCCC([B])(c2cnn(C3CC3)c2)O1. The maximum Gasteiger partial charge on any atom is 0.182 e. The molecule has 0 bridgehead atoms. The molecular weight excluding hydrogens is 487 g/mol. The summed E-state index contributed by atoms with van der Waals surface area (Å²) >= 11 is 5.77. The average molecular weight is 510 g/mol. The molecule has 6 rings (SSSR count).